The quantitative estimate of drug-likeness (QED) is 0.584. The highest BCUT2D eigenvalue weighted by molar-refractivity contribution is 7.80. The molecule has 0 amide bonds. The molecule has 0 spiro atoms. The van der Waals surface area contributed by atoms with Crippen LogP contribution in [0.5, 0.6) is 11.5 Å². The number of benzene rings is 2. The monoisotopic (exact) mass is 386 g/mol. The first-order valence-corrected chi connectivity index (χ1v) is 9.90. The van der Waals surface area contributed by atoms with Crippen LogP contribution in [0.2, 0.25) is 0 Å². The van der Waals surface area contributed by atoms with Gasteiger partial charge in [-0.1, -0.05) is 32.0 Å². The van der Waals surface area contributed by atoms with Crippen LogP contribution < -0.4 is 14.8 Å². The molecule has 2 rings (SSSR count). The minimum absolute atomic E-state index is 0.683. The van der Waals surface area contributed by atoms with E-state index in [0.29, 0.717) is 6.61 Å². The van der Waals surface area contributed by atoms with Crippen LogP contribution in [0.15, 0.2) is 42.5 Å². The van der Waals surface area contributed by atoms with Gasteiger partial charge in [-0.25, -0.2) is 0 Å². The second-order valence-electron chi connectivity index (χ2n) is 6.55. The number of anilines is 1. The van der Waals surface area contributed by atoms with Gasteiger partial charge in [-0.2, -0.15) is 0 Å². The van der Waals surface area contributed by atoms with Gasteiger partial charge in [-0.3, -0.25) is 0 Å². The first kappa shape index (κ1) is 21.0. The Bertz CT molecular complexity index is 749. The number of methoxy groups -OCH3 is 1. The van der Waals surface area contributed by atoms with Crippen molar-refractivity contribution in [3.8, 4) is 11.5 Å². The summed E-state index contributed by atoms with van der Waals surface area (Å²) in [7, 11) is 1.67. The number of aryl methyl sites for hydroxylation is 1. The highest BCUT2D eigenvalue weighted by Crippen LogP contribution is 2.29. The van der Waals surface area contributed by atoms with E-state index in [1.54, 1.807) is 7.11 Å². The van der Waals surface area contributed by atoms with E-state index < -0.39 is 0 Å². The summed E-state index contributed by atoms with van der Waals surface area (Å²) in [5.74, 6) is 1.54. The summed E-state index contributed by atoms with van der Waals surface area (Å²) in [6, 6.07) is 14.3. The van der Waals surface area contributed by atoms with E-state index in [9.17, 15) is 0 Å². The fourth-order valence-electron chi connectivity index (χ4n) is 2.81. The summed E-state index contributed by atoms with van der Waals surface area (Å²) >= 11 is 5.67. The molecule has 0 bridgehead atoms. The molecule has 27 heavy (non-hydrogen) atoms. The Morgan fingerprint density at radius 3 is 2.56 bits per heavy atom. The van der Waals surface area contributed by atoms with E-state index >= 15 is 0 Å². The second-order valence-corrected chi connectivity index (χ2v) is 6.94. The van der Waals surface area contributed by atoms with Crippen LogP contribution >= 0.6 is 12.2 Å². The lowest BCUT2D eigenvalue weighted by atomic mass is 10.2. The molecule has 0 saturated heterocycles. The number of nitrogens with zero attached hydrogens (tertiary/aromatic N) is 1. The van der Waals surface area contributed by atoms with E-state index in [1.807, 2.05) is 24.3 Å². The Morgan fingerprint density at radius 1 is 1.07 bits per heavy atom. The predicted molar refractivity (Wildman–Crippen MR) is 117 cm³/mol. The number of rotatable bonds is 9. The molecule has 2 aromatic rings. The molecule has 4 nitrogen and oxygen atoms in total. The second kappa shape index (κ2) is 10.8. The number of ether oxygens (including phenoxy) is 2. The molecule has 146 valence electrons. The van der Waals surface area contributed by atoms with Gasteiger partial charge in [0.05, 0.1) is 13.7 Å². The van der Waals surface area contributed by atoms with Crippen LogP contribution in [0, 0.1) is 6.92 Å². The maximum Gasteiger partial charge on any atom is 0.173 e. The lowest BCUT2D eigenvalue weighted by Gasteiger charge is -2.26. The summed E-state index contributed by atoms with van der Waals surface area (Å²) in [5, 5.41) is 4.09. The van der Waals surface area contributed by atoms with Crippen molar-refractivity contribution in [2.24, 2.45) is 0 Å². The van der Waals surface area contributed by atoms with Gasteiger partial charge in [0, 0.05) is 18.8 Å². The van der Waals surface area contributed by atoms with E-state index in [2.05, 4.69) is 49.2 Å². The minimum Gasteiger partial charge on any atom is -0.493 e. The Hall–Kier alpha value is -2.27. The Morgan fingerprint density at radius 2 is 1.89 bits per heavy atom. The van der Waals surface area contributed by atoms with E-state index in [1.165, 1.54) is 5.56 Å². The zero-order valence-corrected chi connectivity index (χ0v) is 17.6. The molecular weight excluding hydrogens is 356 g/mol. The number of hydrogen-bond donors (Lipinski definition) is 1. The minimum atomic E-state index is 0.683. The maximum atomic E-state index is 5.75. The van der Waals surface area contributed by atoms with Crippen LogP contribution in [-0.2, 0) is 6.54 Å². The number of hydrogen-bond acceptors (Lipinski definition) is 3. The first-order valence-electron chi connectivity index (χ1n) is 9.49. The van der Waals surface area contributed by atoms with E-state index in [-0.39, 0.29) is 0 Å². The molecule has 2 aromatic carbocycles. The van der Waals surface area contributed by atoms with Crippen LogP contribution in [0.3, 0.4) is 0 Å². The molecule has 0 atom stereocenters. The van der Waals surface area contributed by atoms with Crippen molar-refractivity contribution in [1.29, 1.82) is 0 Å². The van der Waals surface area contributed by atoms with Gasteiger partial charge < -0.3 is 19.7 Å². The molecule has 0 saturated carbocycles. The molecule has 0 aromatic heterocycles. The van der Waals surface area contributed by atoms with Crippen molar-refractivity contribution in [3.63, 3.8) is 0 Å². The van der Waals surface area contributed by atoms with E-state index in [4.69, 9.17) is 21.7 Å². The molecule has 0 radical (unpaired) electrons. The van der Waals surface area contributed by atoms with Gasteiger partial charge in [-0.15, -0.1) is 0 Å². The highest BCUT2D eigenvalue weighted by atomic mass is 32.1. The molecule has 0 aliphatic rings. The standard InChI is InChI=1S/C22H30N2O2S/c1-5-12-24(22(27)23-19-9-7-8-17(3)14-19)16-18-10-11-20(26-13-6-2)21(15-18)25-4/h7-11,14-15H,5-6,12-13,16H2,1-4H3,(H,23,27). The first-order chi connectivity index (χ1) is 13.1. The number of thiocarbonyl (C=S) groups is 1. The zero-order valence-electron chi connectivity index (χ0n) is 16.7. The molecule has 1 N–H and O–H groups in total. The fraction of sp³-hybridized carbons (Fsp3) is 0.409. The fourth-order valence-corrected chi connectivity index (χ4v) is 3.08. The summed E-state index contributed by atoms with van der Waals surface area (Å²) in [5.41, 5.74) is 3.36. The van der Waals surface area contributed by atoms with Gasteiger partial charge in [0.2, 0.25) is 0 Å². The Labute approximate surface area is 168 Å². The molecule has 0 aliphatic carbocycles. The third-order valence-corrected chi connectivity index (χ3v) is 4.47. The highest BCUT2D eigenvalue weighted by Gasteiger charge is 2.12. The van der Waals surface area contributed by atoms with Crippen molar-refractivity contribution in [1.82, 2.24) is 4.90 Å². The molecular formula is C22H30N2O2S. The average Bonchev–Trinajstić information content (AvgIpc) is 2.66. The van der Waals surface area contributed by atoms with Gasteiger partial charge in [-0.05, 0) is 67.4 Å². The lowest BCUT2D eigenvalue weighted by Crippen LogP contribution is -2.34. The van der Waals surface area contributed by atoms with E-state index in [0.717, 1.165) is 53.8 Å². The van der Waals surface area contributed by atoms with Crippen molar-refractivity contribution in [3.05, 3.63) is 53.6 Å². The van der Waals surface area contributed by atoms with Crippen LogP contribution in [0.4, 0.5) is 5.69 Å². The van der Waals surface area contributed by atoms with Gasteiger partial charge in [0.15, 0.2) is 16.6 Å². The van der Waals surface area contributed by atoms with Crippen LogP contribution in [0.25, 0.3) is 0 Å². The van der Waals surface area contributed by atoms with Crippen LogP contribution in [-0.4, -0.2) is 30.3 Å². The summed E-state index contributed by atoms with van der Waals surface area (Å²) in [6.45, 7) is 8.61. The largest absolute Gasteiger partial charge is 0.493 e. The maximum absolute atomic E-state index is 5.75. The summed E-state index contributed by atoms with van der Waals surface area (Å²) in [4.78, 5) is 2.18. The third kappa shape index (κ3) is 6.43. The molecule has 0 aliphatic heterocycles. The smallest absolute Gasteiger partial charge is 0.173 e. The van der Waals surface area contributed by atoms with Gasteiger partial charge >= 0.3 is 0 Å². The van der Waals surface area contributed by atoms with Crippen molar-refractivity contribution in [2.75, 3.05) is 25.6 Å². The number of nitrogens with one attached hydrogen (secondary N) is 1. The van der Waals surface area contributed by atoms with Gasteiger partial charge in [0.25, 0.3) is 0 Å². The predicted octanol–water partition coefficient (Wildman–Crippen LogP) is 5.40. The Balaban J connectivity index is 2.11. The zero-order chi connectivity index (χ0) is 19.6. The molecule has 0 unspecified atom stereocenters. The normalized spacial score (nSPS) is 10.4. The van der Waals surface area contributed by atoms with Crippen molar-refractivity contribution >= 4 is 23.0 Å². The van der Waals surface area contributed by atoms with Crippen molar-refractivity contribution < 1.29 is 9.47 Å². The lowest BCUT2D eigenvalue weighted by molar-refractivity contribution is 0.293. The molecule has 0 fully saturated rings. The average molecular weight is 387 g/mol. The topological polar surface area (TPSA) is 33.7 Å². The van der Waals surface area contributed by atoms with Gasteiger partial charge in [0.1, 0.15) is 0 Å². The Kier molecular flexibility index (Phi) is 8.40. The molecule has 5 heteroatoms. The molecule has 0 heterocycles. The van der Waals surface area contributed by atoms with Crippen LogP contribution in [0.1, 0.15) is 37.8 Å². The summed E-state index contributed by atoms with van der Waals surface area (Å²) < 4.78 is 11.2. The third-order valence-electron chi connectivity index (χ3n) is 4.11. The van der Waals surface area contributed by atoms with Crippen molar-refractivity contribution in [2.45, 2.75) is 40.2 Å². The SMILES string of the molecule is CCCOc1ccc(CN(CCC)C(=S)Nc2cccc(C)c2)cc1OC. The summed E-state index contributed by atoms with van der Waals surface area (Å²) in [6.07, 6.45) is 1.98.